The van der Waals surface area contributed by atoms with Crippen LogP contribution in [0, 0.1) is 5.92 Å². The average Bonchev–Trinajstić information content (AvgIpc) is 3.24. The number of methoxy groups -OCH3 is 1. The minimum absolute atomic E-state index is 0.334. The standard InChI is InChI=1S/C17H32N2O2/c1-16(15-5-6-15)14-19(9-10-21-12-11-20-2)17(13-18-16)7-3-4-8-17/h15,18H,3-14H2,1-2H3. The van der Waals surface area contributed by atoms with Gasteiger partial charge in [0.2, 0.25) is 0 Å². The third-order valence-electron chi connectivity index (χ3n) is 5.96. The van der Waals surface area contributed by atoms with Gasteiger partial charge in [0.25, 0.3) is 0 Å². The maximum atomic E-state index is 5.74. The summed E-state index contributed by atoms with van der Waals surface area (Å²) in [5, 5.41) is 3.93. The van der Waals surface area contributed by atoms with E-state index < -0.39 is 0 Å². The molecule has 4 nitrogen and oxygen atoms in total. The molecule has 1 spiro atoms. The number of ether oxygens (including phenoxy) is 2. The Morgan fingerprint density at radius 2 is 1.90 bits per heavy atom. The first kappa shape index (κ1) is 15.7. The second-order valence-corrected chi connectivity index (χ2v) is 7.50. The summed E-state index contributed by atoms with van der Waals surface area (Å²) in [6.07, 6.45) is 8.33. The molecule has 1 atom stereocenters. The Morgan fingerprint density at radius 3 is 2.57 bits per heavy atom. The number of piperazine rings is 1. The largest absolute Gasteiger partial charge is 0.382 e. The lowest BCUT2D eigenvalue weighted by Gasteiger charge is -2.53. The zero-order valence-corrected chi connectivity index (χ0v) is 13.8. The quantitative estimate of drug-likeness (QED) is 0.729. The second kappa shape index (κ2) is 6.53. The Labute approximate surface area is 129 Å². The first-order valence-electron chi connectivity index (χ1n) is 8.75. The lowest BCUT2D eigenvalue weighted by atomic mass is 9.84. The summed E-state index contributed by atoms with van der Waals surface area (Å²) < 4.78 is 10.8. The topological polar surface area (TPSA) is 33.7 Å². The summed E-state index contributed by atoms with van der Waals surface area (Å²) in [5.41, 5.74) is 0.749. The van der Waals surface area contributed by atoms with Crippen LogP contribution >= 0.6 is 0 Å². The van der Waals surface area contributed by atoms with E-state index in [4.69, 9.17) is 9.47 Å². The van der Waals surface area contributed by atoms with Gasteiger partial charge in [-0.1, -0.05) is 12.8 Å². The fourth-order valence-electron chi connectivity index (χ4n) is 4.35. The van der Waals surface area contributed by atoms with Crippen molar-refractivity contribution in [2.45, 2.75) is 56.5 Å². The Balaban J connectivity index is 1.57. The molecule has 1 heterocycles. The Kier molecular flexibility index (Phi) is 4.89. The minimum atomic E-state index is 0.334. The highest BCUT2D eigenvalue weighted by atomic mass is 16.5. The molecule has 1 unspecified atom stereocenters. The molecule has 1 N–H and O–H groups in total. The van der Waals surface area contributed by atoms with Crippen LogP contribution in [0.1, 0.15) is 45.4 Å². The molecule has 3 aliphatic rings. The van der Waals surface area contributed by atoms with Crippen molar-refractivity contribution >= 4 is 0 Å². The first-order valence-corrected chi connectivity index (χ1v) is 8.75. The molecular formula is C17H32N2O2. The fraction of sp³-hybridized carbons (Fsp3) is 1.00. The Hall–Kier alpha value is -0.160. The Morgan fingerprint density at radius 1 is 1.14 bits per heavy atom. The van der Waals surface area contributed by atoms with Gasteiger partial charge in [-0.15, -0.1) is 0 Å². The lowest BCUT2D eigenvalue weighted by molar-refractivity contribution is -0.0196. The van der Waals surface area contributed by atoms with Gasteiger partial charge < -0.3 is 14.8 Å². The van der Waals surface area contributed by atoms with E-state index in [0.717, 1.165) is 25.7 Å². The average molecular weight is 296 g/mol. The molecule has 1 saturated heterocycles. The molecule has 122 valence electrons. The molecule has 0 bridgehead atoms. The second-order valence-electron chi connectivity index (χ2n) is 7.50. The molecule has 0 aromatic heterocycles. The smallest absolute Gasteiger partial charge is 0.0700 e. The maximum Gasteiger partial charge on any atom is 0.0700 e. The molecule has 2 saturated carbocycles. The van der Waals surface area contributed by atoms with Crippen LogP contribution in [0.15, 0.2) is 0 Å². The van der Waals surface area contributed by atoms with Gasteiger partial charge in [0.15, 0.2) is 0 Å². The Bertz CT molecular complexity index is 340. The van der Waals surface area contributed by atoms with Gasteiger partial charge in [-0.25, -0.2) is 0 Å². The monoisotopic (exact) mass is 296 g/mol. The van der Waals surface area contributed by atoms with Crippen LogP contribution in [0.2, 0.25) is 0 Å². The molecule has 0 radical (unpaired) electrons. The fourth-order valence-corrected chi connectivity index (χ4v) is 4.35. The summed E-state index contributed by atoms with van der Waals surface area (Å²) in [5.74, 6) is 0.896. The van der Waals surface area contributed by atoms with E-state index >= 15 is 0 Å². The van der Waals surface area contributed by atoms with Crippen LogP contribution in [-0.2, 0) is 9.47 Å². The highest BCUT2D eigenvalue weighted by Crippen LogP contribution is 2.45. The normalized spacial score (nSPS) is 32.9. The van der Waals surface area contributed by atoms with Gasteiger partial charge in [-0.2, -0.15) is 0 Å². The zero-order valence-electron chi connectivity index (χ0n) is 13.8. The third kappa shape index (κ3) is 3.44. The number of hydrogen-bond donors (Lipinski definition) is 1. The van der Waals surface area contributed by atoms with E-state index in [-0.39, 0.29) is 0 Å². The highest BCUT2D eigenvalue weighted by Gasteiger charge is 2.51. The number of hydrogen-bond acceptors (Lipinski definition) is 4. The van der Waals surface area contributed by atoms with Gasteiger partial charge in [0, 0.05) is 37.8 Å². The van der Waals surface area contributed by atoms with E-state index in [9.17, 15) is 0 Å². The highest BCUT2D eigenvalue weighted by molar-refractivity contribution is 5.10. The first-order chi connectivity index (χ1) is 10.2. The molecular weight excluding hydrogens is 264 g/mol. The zero-order chi connectivity index (χ0) is 14.8. The summed E-state index contributed by atoms with van der Waals surface area (Å²) in [6, 6.07) is 0. The third-order valence-corrected chi connectivity index (χ3v) is 5.96. The van der Waals surface area contributed by atoms with E-state index in [1.807, 2.05) is 0 Å². The van der Waals surface area contributed by atoms with Crippen LogP contribution in [0.3, 0.4) is 0 Å². The minimum Gasteiger partial charge on any atom is -0.382 e. The SMILES string of the molecule is COCCOCCN1CC(C)(C2CC2)NCC12CCCC2. The number of nitrogens with one attached hydrogen (secondary N) is 1. The van der Waals surface area contributed by atoms with Gasteiger partial charge in [0.1, 0.15) is 0 Å². The molecule has 3 fully saturated rings. The van der Waals surface area contributed by atoms with Crippen molar-refractivity contribution in [1.82, 2.24) is 10.2 Å². The number of nitrogens with zero attached hydrogens (tertiary/aromatic N) is 1. The van der Waals surface area contributed by atoms with Crippen molar-refractivity contribution in [1.29, 1.82) is 0 Å². The molecule has 3 rings (SSSR count). The lowest BCUT2D eigenvalue weighted by Crippen LogP contribution is -2.69. The molecule has 0 aromatic rings. The van der Waals surface area contributed by atoms with E-state index in [2.05, 4.69) is 17.1 Å². The van der Waals surface area contributed by atoms with Gasteiger partial charge in [-0.3, -0.25) is 4.90 Å². The summed E-state index contributed by atoms with van der Waals surface area (Å²) in [7, 11) is 1.73. The van der Waals surface area contributed by atoms with Crippen molar-refractivity contribution in [3.05, 3.63) is 0 Å². The van der Waals surface area contributed by atoms with Crippen LogP contribution in [0.5, 0.6) is 0 Å². The van der Waals surface area contributed by atoms with Crippen LogP contribution in [0.25, 0.3) is 0 Å². The van der Waals surface area contributed by atoms with E-state index in [1.54, 1.807) is 7.11 Å². The van der Waals surface area contributed by atoms with Crippen LogP contribution in [0.4, 0.5) is 0 Å². The predicted octanol–water partition coefficient (Wildman–Crippen LogP) is 2.04. The van der Waals surface area contributed by atoms with Crippen molar-refractivity contribution in [3.8, 4) is 0 Å². The van der Waals surface area contributed by atoms with Crippen molar-refractivity contribution in [2.75, 3.05) is 46.6 Å². The molecule has 4 heteroatoms. The maximum absolute atomic E-state index is 5.74. The molecule has 21 heavy (non-hydrogen) atoms. The van der Waals surface area contributed by atoms with Crippen molar-refractivity contribution in [2.24, 2.45) is 5.92 Å². The van der Waals surface area contributed by atoms with Gasteiger partial charge in [0.05, 0.1) is 19.8 Å². The van der Waals surface area contributed by atoms with Crippen LogP contribution in [-0.4, -0.2) is 62.5 Å². The number of rotatable bonds is 7. The van der Waals surface area contributed by atoms with Crippen molar-refractivity contribution < 1.29 is 9.47 Å². The van der Waals surface area contributed by atoms with Crippen molar-refractivity contribution in [3.63, 3.8) is 0 Å². The summed E-state index contributed by atoms with van der Waals surface area (Å²) in [6.45, 7) is 8.15. The molecule has 2 aliphatic carbocycles. The summed E-state index contributed by atoms with van der Waals surface area (Å²) >= 11 is 0. The molecule has 0 aromatic carbocycles. The van der Waals surface area contributed by atoms with Gasteiger partial charge in [-0.05, 0) is 38.5 Å². The predicted molar refractivity (Wildman–Crippen MR) is 84.6 cm³/mol. The van der Waals surface area contributed by atoms with E-state index in [0.29, 0.717) is 17.7 Å². The molecule has 1 aliphatic heterocycles. The van der Waals surface area contributed by atoms with E-state index in [1.165, 1.54) is 51.6 Å². The molecule has 0 amide bonds. The summed E-state index contributed by atoms with van der Waals surface area (Å²) in [4.78, 5) is 2.77. The van der Waals surface area contributed by atoms with Gasteiger partial charge >= 0.3 is 0 Å². The van der Waals surface area contributed by atoms with Crippen LogP contribution < -0.4 is 5.32 Å².